The van der Waals surface area contributed by atoms with Crippen molar-refractivity contribution < 1.29 is 14.3 Å². The molecule has 4 aliphatic rings. The van der Waals surface area contributed by atoms with Crippen molar-refractivity contribution in [1.29, 1.82) is 0 Å². The number of nitrogens with zero attached hydrogens (tertiary/aromatic N) is 4. The number of piperazine rings is 1. The molecule has 0 aliphatic carbocycles. The maximum atomic E-state index is 13.3. The van der Waals surface area contributed by atoms with Crippen molar-refractivity contribution in [1.82, 2.24) is 19.7 Å². The predicted molar refractivity (Wildman–Crippen MR) is 97.5 cm³/mol. The molecular weight excluding hydrogens is 344 g/mol. The molecule has 7 heteroatoms. The summed E-state index contributed by atoms with van der Waals surface area (Å²) in [5.41, 5.74) is 0.347. The van der Waals surface area contributed by atoms with E-state index in [0.717, 1.165) is 31.7 Å². The van der Waals surface area contributed by atoms with Crippen LogP contribution in [0.4, 0.5) is 0 Å². The van der Waals surface area contributed by atoms with Crippen LogP contribution < -0.4 is 0 Å². The minimum absolute atomic E-state index is 0.0261. The maximum absolute atomic E-state index is 13.3. The van der Waals surface area contributed by atoms with Gasteiger partial charge in [0.25, 0.3) is 0 Å². The second-order valence-corrected chi connectivity index (χ2v) is 8.08. The monoisotopic (exact) mass is 368 g/mol. The molecule has 7 nitrogen and oxygen atoms in total. The Balaban J connectivity index is 1.38. The number of likely N-dealkylation sites (N-methyl/N-ethyl adjacent to an activating group) is 1. The van der Waals surface area contributed by atoms with Gasteiger partial charge in [-0.1, -0.05) is 18.2 Å². The Bertz CT molecular complexity index is 790. The van der Waals surface area contributed by atoms with Crippen LogP contribution in [0, 0.1) is 11.8 Å². The lowest BCUT2D eigenvalue weighted by Crippen LogP contribution is -2.52. The molecule has 4 atom stereocenters. The summed E-state index contributed by atoms with van der Waals surface area (Å²) in [6.45, 7) is 4.19. The molecule has 1 aromatic heterocycles. The number of carbonyl (C=O) groups excluding carboxylic acids is 2. The number of fused-ring (bicyclic) bond motifs is 1. The van der Waals surface area contributed by atoms with E-state index >= 15 is 0 Å². The molecule has 0 saturated carbocycles. The van der Waals surface area contributed by atoms with Gasteiger partial charge in [0.15, 0.2) is 0 Å². The quantitative estimate of drug-likeness (QED) is 0.710. The predicted octanol–water partition coefficient (Wildman–Crippen LogP) is 0.138. The second kappa shape index (κ2) is 6.14. The molecule has 3 saturated heterocycles. The lowest BCUT2D eigenvalue weighted by molar-refractivity contribution is -0.144. The lowest BCUT2D eigenvalue weighted by atomic mass is 9.76. The Morgan fingerprint density at radius 2 is 2.15 bits per heavy atom. The number of hydrogen-bond donors (Lipinski definition) is 0. The Hall–Kier alpha value is -2.25. The lowest BCUT2D eigenvalue weighted by Gasteiger charge is -2.35. The van der Waals surface area contributed by atoms with E-state index < -0.39 is 17.4 Å². The van der Waals surface area contributed by atoms with E-state index in [0.29, 0.717) is 13.1 Å². The normalized spacial score (nSPS) is 35.1. The largest absolute Gasteiger partial charge is 0.360 e. The molecule has 0 radical (unpaired) electrons. The molecule has 0 aromatic carbocycles. The summed E-state index contributed by atoms with van der Waals surface area (Å²) in [4.78, 5) is 36.6. The van der Waals surface area contributed by atoms with Gasteiger partial charge in [0.1, 0.15) is 5.60 Å². The highest BCUT2D eigenvalue weighted by Crippen LogP contribution is 2.52. The van der Waals surface area contributed by atoms with Crippen molar-refractivity contribution in [2.75, 3.05) is 39.8 Å². The molecule has 3 fully saturated rings. The molecule has 2 amide bonds. The van der Waals surface area contributed by atoms with E-state index in [4.69, 9.17) is 4.74 Å². The Labute approximate surface area is 158 Å². The highest BCUT2D eigenvalue weighted by atomic mass is 16.5. The van der Waals surface area contributed by atoms with Crippen LogP contribution >= 0.6 is 0 Å². The van der Waals surface area contributed by atoms with Crippen LogP contribution in [0.15, 0.2) is 36.7 Å². The smallest absolute Gasteiger partial charge is 0.230 e. The molecule has 27 heavy (non-hydrogen) atoms. The van der Waals surface area contributed by atoms with E-state index in [1.54, 1.807) is 12.4 Å². The summed E-state index contributed by atoms with van der Waals surface area (Å²) < 4.78 is 6.22. The molecule has 0 N–H and O–H groups in total. The van der Waals surface area contributed by atoms with Gasteiger partial charge in [0.2, 0.25) is 11.8 Å². The third-order valence-electron chi connectivity index (χ3n) is 6.38. The second-order valence-electron chi connectivity index (χ2n) is 8.08. The fraction of sp³-hybridized carbons (Fsp3) is 0.550. The van der Waals surface area contributed by atoms with Crippen LogP contribution in [-0.2, 0) is 20.9 Å². The van der Waals surface area contributed by atoms with E-state index in [9.17, 15) is 9.59 Å². The van der Waals surface area contributed by atoms with E-state index in [1.165, 1.54) is 0 Å². The number of amides is 2. The first-order valence-electron chi connectivity index (χ1n) is 9.60. The van der Waals surface area contributed by atoms with E-state index in [-0.39, 0.29) is 17.9 Å². The van der Waals surface area contributed by atoms with Gasteiger partial charge in [-0.15, -0.1) is 0 Å². The minimum atomic E-state index is -0.642. The van der Waals surface area contributed by atoms with Gasteiger partial charge < -0.3 is 19.4 Å². The van der Waals surface area contributed by atoms with Crippen LogP contribution in [0.2, 0.25) is 0 Å². The SMILES string of the molecule is CN1CCN(C(=O)[C@H]2[C@@H]3C=C[C@@]4(CN(Cc5cccnc5)C(=O)[C@@H]24)O3)CC1. The number of pyridine rings is 1. The first-order valence-corrected chi connectivity index (χ1v) is 9.60. The molecule has 1 aromatic rings. The maximum Gasteiger partial charge on any atom is 0.230 e. The molecule has 4 aliphatic heterocycles. The van der Waals surface area contributed by atoms with Gasteiger partial charge >= 0.3 is 0 Å². The van der Waals surface area contributed by atoms with Crippen LogP contribution in [-0.4, -0.2) is 83.0 Å². The number of rotatable bonds is 3. The third-order valence-corrected chi connectivity index (χ3v) is 6.38. The van der Waals surface area contributed by atoms with Gasteiger partial charge in [-0.3, -0.25) is 14.6 Å². The highest BCUT2D eigenvalue weighted by molar-refractivity contribution is 5.93. The van der Waals surface area contributed by atoms with Gasteiger partial charge in [0, 0.05) is 45.1 Å². The Morgan fingerprint density at radius 3 is 2.89 bits per heavy atom. The molecule has 1 spiro atoms. The molecule has 5 rings (SSSR count). The zero-order valence-corrected chi connectivity index (χ0v) is 15.5. The Morgan fingerprint density at radius 1 is 1.33 bits per heavy atom. The highest BCUT2D eigenvalue weighted by Gasteiger charge is 2.67. The first kappa shape index (κ1) is 16.9. The van der Waals surface area contributed by atoms with Gasteiger partial charge in [-0.05, 0) is 18.7 Å². The van der Waals surface area contributed by atoms with Crippen molar-refractivity contribution >= 4 is 11.8 Å². The average molecular weight is 368 g/mol. The fourth-order valence-corrected chi connectivity index (χ4v) is 4.94. The summed E-state index contributed by atoms with van der Waals surface area (Å²) in [7, 11) is 2.07. The number of likely N-dealkylation sites (tertiary alicyclic amines) is 1. The van der Waals surface area contributed by atoms with E-state index in [1.807, 2.05) is 34.1 Å². The number of ether oxygens (including phenoxy) is 1. The first-order chi connectivity index (χ1) is 13.1. The fourth-order valence-electron chi connectivity index (χ4n) is 4.94. The zero-order valence-electron chi connectivity index (χ0n) is 15.5. The molecule has 2 bridgehead atoms. The van der Waals surface area contributed by atoms with Crippen molar-refractivity contribution in [3.63, 3.8) is 0 Å². The standard InChI is InChI=1S/C20H24N4O3/c1-22-7-9-23(10-8-22)18(25)16-15-4-5-20(27-15)13-24(19(26)17(16)20)12-14-3-2-6-21-11-14/h2-6,11,15-17H,7-10,12-13H2,1H3/t15-,16-,17+,20-/m0/s1. The van der Waals surface area contributed by atoms with Crippen LogP contribution in [0.3, 0.4) is 0 Å². The molecule has 142 valence electrons. The minimum Gasteiger partial charge on any atom is -0.360 e. The Kier molecular flexibility index (Phi) is 3.84. The average Bonchev–Trinajstić information content (AvgIpc) is 3.31. The topological polar surface area (TPSA) is 66.0 Å². The van der Waals surface area contributed by atoms with Crippen molar-refractivity contribution in [3.05, 3.63) is 42.2 Å². The molecule has 5 heterocycles. The summed E-state index contributed by atoms with van der Waals surface area (Å²) in [6.07, 6.45) is 7.22. The number of hydrogen-bond acceptors (Lipinski definition) is 5. The van der Waals surface area contributed by atoms with Crippen molar-refractivity contribution in [2.45, 2.75) is 18.2 Å². The summed E-state index contributed by atoms with van der Waals surface area (Å²) >= 11 is 0. The zero-order chi connectivity index (χ0) is 18.6. The molecular formula is C20H24N4O3. The van der Waals surface area contributed by atoms with E-state index in [2.05, 4.69) is 16.9 Å². The summed E-state index contributed by atoms with van der Waals surface area (Å²) in [5.74, 6) is -0.708. The third kappa shape index (κ3) is 2.60. The van der Waals surface area contributed by atoms with Crippen LogP contribution in [0.1, 0.15) is 5.56 Å². The number of carbonyl (C=O) groups is 2. The van der Waals surface area contributed by atoms with Gasteiger partial charge in [-0.25, -0.2) is 0 Å². The van der Waals surface area contributed by atoms with Gasteiger partial charge in [-0.2, -0.15) is 0 Å². The van der Waals surface area contributed by atoms with Gasteiger partial charge in [0.05, 0.1) is 24.5 Å². The summed E-state index contributed by atoms with van der Waals surface area (Å²) in [5, 5.41) is 0. The van der Waals surface area contributed by atoms with Crippen LogP contribution in [0.25, 0.3) is 0 Å². The summed E-state index contributed by atoms with van der Waals surface area (Å²) in [6, 6.07) is 3.84. The molecule has 0 unspecified atom stereocenters. The van der Waals surface area contributed by atoms with Crippen molar-refractivity contribution in [3.8, 4) is 0 Å². The van der Waals surface area contributed by atoms with Crippen LogP contribution in [0.5, 0.6) is 0 Å². The number of aromatic nitrogens is 1. The van der Waals surface area contributed by atoms with Crippen molar-refractivity contribution in [2.24, 2.45) is 11.8 Å².